The highest BCUT2D eigenvalue weighted by Crippen LogP contribution is 2.34. The third-order valence-electron chi connectivity index (χ3n) is 6.68. The molecule has 0 aliphatic carbocycles. The van der Waals surface area contributed by atoms with E-state index in [0.717, 1.165) is 12.8 Å². The maximum absolute atomic E-state index is 12.0. The SMILES string of the molecule is CCCCCCCCCCCCOCc1cn([C@@H]2O[C@H](COC(C)=O)[C@@H](OC(C)=O)[C@H](OC(C)=O)[C@H]2OC(C)=O)nn1. The van der Waals surface area contributed by atoms with Crippen molar-refractivity contribution in [1.82, 2.24) is 15.0 Å². The number of rotatable bonds is 19. The molecule has 1 aliphatic heterocycles. The number of unbranched alkanes of at least 4 members (excludes halogenated alkanes) is 9. The Morgan fingerprint density at radius 3 is 1.88 bits per heavy atom. The maximum Gasteiger partial charge on any atom is 0.303 e. The van der Waals surface area contributed by atoms with Gasteiger partial charge < -0.3 is 28.4 Å². The van der Waals surface area contributed by atoms with Crippen LogP contribution in [0, 0.1) is 0 Å². The van der Waals surface area contributed by atoms with E-state index in [-0.39, 0.29) is 13.2 Å². The third kappa shape index (κ3) is 12.8. The average molecular weight is 598 g/mol. The van der Waals surface area contributed by atoms with Crippen LogP contribution in [0.25, 0.3) is 0 Å². The van der Waals surface area contributed by atoms with Crippen molar-refractivity contribution in [1.29, 1.82) is 0 Å². The molecule has 1 aromatic rings. The Balaban J connectivity index is 2.02. The molecule has 1 fully saturated rings. The zero-order valence-electron chi connectivity index (χ0n) is 25.6. The number of carbonyl (C=O) groups is 4. The smallest absolute Gasteiger partial charge is 0.303 e. The summed E-state index contributed by atoms with van der Waals surface area (Å²) in [4.78, 5) is 47.4. The van der Waals surface area contributed by atoms with Crippen molar-refractivity contribution in [2.75, 3.05) is 13.2 Å². The first kappa shape index (κ1) is 35.1. The molecule has 1 saturated heterocycles. The molecule has 1 aromatic heterocycles. The fourth-order valence-corrected chi connectivity index (χ4v) is 4.79. The predicted octanol–water partition coefficient (Wildman–Crippen LogP) is 3.97. The zero-order valence-corrected chi connectivity index (χ0v) is 25.6. The molecule has 1 aliphatic rings. The highest BCUT2D eigenvalue weighted by molar-refractivity contribution is 5.68. The first-order valence-corrected chi connectivity index (χ1v) is 14.9. The van der Waals surface area contributed by atoms with E-state index < -0.39 is 54.5 Å². The van der Waals surface area contributed by atoms with Gasteiger partial charge in [0.15, 0.2) is 24.5 Å². The molecular weight excluding hydrogens is 550 g/mol. The Morgan fingerprint density at radius 1 is 0.762 bits per heavy atom. The van der Waals surface area contributed by atoms with E-state index >= 15 is 0 Å². The summed E-state index contributed by atoms with van der Waals surface area (Å²) in [6.45, 7) is 7.43. The van der Waals surface area contributed by atoms with Crippen LogP contribution in [0.15, 0.2) is 6.20 Å². The van der Waals surface area contributed by atoms with Gasteiger partial charge in [0, 0.05) is 34.3 Å². The van der Waals surface area contributed by atoms with Crippen LogP contribution >= 0.6 is 0 Å². The summed E-state index contributed by atoms with van der Waals surface area (Å²) in [7, 11) is 0. The van der Waals surface area contributed by atoms with Crippen molar-refractivity contribution in [3.8, 4) is 0 Å². The normalized spacial score (nSPS) is 21.9. The van der Waals surface area contributed by atoms with E-state index in [4.69, 9.17) is 28.4 Å². The number of carbonyl (C=O) groups excluding carboxylic acids is 4. The number of esters is 4. The largest absolute Gasteiger partial charge is 0.463 e. The Morgan fingerprint density at radius 2 is 1.31 bits per heavy atom. The lowest BCUT2D eigenvalue weighted by Crippen LogP contribution is -2.60. The Labute approximate surface area is 247 Å². The summed E-state index contributed by atoms with van der Waals surface area (Å²) in [5.74, 6) is -2.69. The molecule has 2 heterocycles. The van der Waals surface area contributed by atoms with Gasteiger partial charge in [0.05, 0.1) is 12.8 Å². The van der Waals surface area contributed by atoms with E-state index in [2.05, 4.69) is 17.2 Å². The van der Waals surface area contributed by atoms with Gasteiger partial charge in [0.2, 0.25) is 0 Å². The van der Waals surface area contributed by atoms with Gasteiger partial charge in [-0.25, -0.2) is 4.68 Å². The highest BCUT2D eigenvalue weighted by Gasteiger charge is 2.53. The standard InChI is InChI=1S/C29H47N3O10/c1-6-7-8-9-10-11-12-13-14-15-16-37-18-24-17-32(31-30-24)29-28(41-23(5)36)27(40-22(4)35)26(39-21(3)34)25(42-29)19-38-20(2)33/h17,25-29H,6-16,18-19H2,1-5H3/t25-,26-,27+,28-,29-/m1/s1. The third-order valence-corrected chi connectivity index (χ3v) is 6.68. The van der Waals surface area contributed by atoms with E-state index in [1.54, 1.807) is 6.20 Å². The molecule has 0 spiro atoms. The topological polar surface area (TPSA) is 154 Å². The van der Waals surface area contributed by atoms with E-state index in [0.29, 0.717) is 12.3 Å². The molecule has 0 amide bonds. The van der Waals surface area contributed by atoms with Crippen molar-refractivity contribution in [3.05, 3.63) is 11.9 Å². The maximum atomic E-state index is 12.0. The fraction of sp³-hybridized carbons (Fsp3) is 0.793. The van der Waals surface area contributed by atoms with Crippen LogP contribution in [0.3, 0.4) is 0 Å². The first-order chi connectivity index (χ1) is 20.1. The molecule has 2 rings (SSSR count). The van der Waals surface area contributed by atoms with Gasteiger partial charge in [-0.15, -0.1) is 5.10 Å². The molecule has 0 unspecified atom stereocenters. The predicted molar refractivity (Wildman–Crippen MR) is 149 cm³/mol. The number of nitrogens with zero attached hydrogens (tertiary/aromatic N) is 3. The van der Waals surface area contributed by atoms with Crippen LogP contribution in [-0.4, -0.2) is 76.5 Å². The van der Waals surface area contributed by atoms with Crippen molar-refractivity contribution < 1.29 is 47.6 Å². The molecule has 0 bridgehead atoms. The minimum Gasteiger partial charge on any atom is -0.463 e. The minimum absolute atomic E-state index is 0.211. The Hall–Kier alpha value is -3.06. The van der Waals surface area contributed by atoms with Gasteiger partial charge in [-0.3, -0.25) is 19.2 Å². The number of hydrogen-bond acceptors (Lipinski definition) is 12. The van der Waals surface area contributed by atoms with Crippen LogP contribution < -0.4 is 0 Å². The molecular formula is C29H47N3O10. The summed E-state index contributed by atoms with van der Waals surface area (Å²) in [5.41, 5.74) is 0.509. The second-order valence-electron chi connectivity index (χ2n) is 10.5. The van der Waals surface area contributed by atoms with E-state index in [1.165, 1.54) is 83.7 Å². The van der Waals surface area contributed by atoms with Gasteiger partial charge in [0.1, 0.15) is 18.4 Å². The second-order valence-corrected chi connectivity index (χ2v) is 10.5. The van der Waals surface area contributed by atoms with Crippen molar-refractivity contribution in [3.63, 3.8) is 0 Å². The van der Waals surface area contributed by atoms with Gasteiger partial charge in [0.25, 0.3) is 0 Å². The second kappa shape index (κ2) is 19.2. The van der Waals surface area contributed by atoms with Crippen LogP contribution in [0.4, 0.5) is 0 Å². The number of ether oxygens (including phenoxy) is 6. The summed E-state index contributed by atoms with van der Waals surface area (Å²) in [5, 5.41) is 8.25. The average Bonchev–Trinajstić information content (AvgIpc) is 3.38. The fourth-order valence-electron chi connectivity index (χ4n) is 4.79. The highest BCUT2D eigenvalue weighted by atomic mass is 16.7. The van der Waals surface area contributed by atoms with E-state index in [1.807, 2.05) is 0 Å². The number of aromatic nitrogens is 3. The molecule has 42 heavy (non-hydrogen) atoms. The summed E-state index contributed by atoms with van der Waals surface area (Å²) in [6, 6.07) is 0. The van der Waals surface area contributed by atoms with Crippen molar-refractivity contribution in [2.24, 2.45) is 0 Å². The Bertz CT molecular complexity index is 985. The summed E-state index contributed by atoms with van der Waals surface area (Å²) >= 11 is 0. The van der Waals surface area contributed by atoms with Gasteiger partial charge in [-0.2, -0.15) is 0 Å². The lowest BCUT2D eigenvalue weighted by Gasteiger charge is -2.44. The quantitative estimate of drug-likeness (QED) is 0.129. The van der Waals surface area contributed by atoms with Crippen LogP contribution in [0.1, 0.15) is 111 Å². The molecule has 0 N–H and O–H groups in total. The van der Waals surface area contributed by atoms with Crippen LogP contribution in [-0.2, 0) is 54.2 Å². The van der Waals surface area contributed by atoms with Gasteiger partial charge >= 0.3 is 23.9 Å². The summed E-state index contributed by atoms with van der Waals surface area (Å²) < 4.78 is 34.6. The van der Waals surface area contributed by atoms with Crippen LogP contribution in [0.2, 0.25) is 0 Å². The van der Waals surface area contributed by atoms with Gasteiger partial charge in [-0.1, -0.05) is 69.9 Å². The summed E-state index contributed by atoms with van der Waals surface area (Å²) in [6.07, 6.45) is 7.92. The molecule has 13 heteroatoms. The number of hydrogen-bond donors (Lipinski definition) is 0. The minimum atomic E-state index is -1.28. The van der Waals surface area contributed by atoms with Crippen molar-refractivity contribution >= 4 is 23.9 Å². The van der Waals surface area contributed by atoms with Crippen molar-refractivity contribution in [2.45, 2.75) is 136 Å². The van der Waals surface area contributed by atoms with Gasteiger partial charge in [-0.05, 0) is 6.42 Å². The lowest BCUT2D eigenvalue weighted by atomic mass is 9.97. The monoisotopic (exact) mass is 597 g/mol. The molecule has 13 nitrogen and oxygen atoms in total. The molecule has 0 saturated carbocycles. The lowest BCUT2D eigenvalue weighted by molar-refractivity contribution is -0.270. The molecule has 0 radical (unpaired) electrons. The molecule has 238 valence electrons. The zero-order chi connectivity index (χ0) is 30.9. The van der Waals surface area contributed by atoms with E-state index in [9.17, 15) is 19.2 Å². The van der Waals surface area contributed by atoms with Crippen LogP contribution in [0.5, 0.6) is 0 Å². The first-order valence-electron chi connectivity index (χ1n) is 14.9. The molecule has 5 atom stereocenters. The Kier molecular flexibility index (Phi) is 16.1. The molecule has 0 aromatic carbocycles.